The van der Waals surface area contributed by atoms with E-state index in [1.807, 2.05) is 25.6 Å². The molecular weight excluding hydrogens is 274 g/mol. The Hall–Kier alpha value is -0.750. The van der Waals surface area contributed by atoms with Gasteiger partial charge in [-0.05, 0) is 12.8 Å². The van der Waals surface area contributed by atoms with Gasteiger partial charge in [0.1, 0.15) is 0 Å². The molecule has 1 fully saturated rings. The van der Waals surface area contributed by atoms with E-state index < -0.39 is 0 Å². The Morgan fingerprint density at radius 3 is 2.75 bits per heavy atom. The Bertz CT molecular complexity index is 307. The van der Waals surface area contributed by atoms with Crippen LogP contribution in [0.3, 0.4) is 0 Å². The molecule has 0 saturated carbocycles. The van der Waals surface area contributed by atoms with Crippen molar-refractivity contribution >= 4 is 23.6 Å². The molecule has 2 amide bonds. The maximum absolute atomic E-state index is 12.3. The summed E-state index contributed by atoms with van der Waals surface area (Å²) in [7, 11) is 0. The molecule has 1 rings (SSSR count). The molecule has 1 saturated heterocycles. The average molecular weight is 301 g/mol. The molecule has 0 aliphatic carbocycles. The molecule has 5 nitrogen and oxygen atoms in total. The number of nitrogens with zero attached hydrogens (tertiary/aromatic N) is 1. The van der Waals surface area contributed by atoms with Crippen LogP contribution in [-0.4, -0.2) is 60.4 Å². The van der Waals surface area contributed by atoms with Crippen LogP contribution in [0.2, 0.25) is 0 Å². The molecule has 6 heteroatoms. The van der Waals surface area contributed by atoms with Crippen molar-refractivity contribution < 1.29 is 9.59 Å². The summed E-state index contributed by atoms with van der Waals surface area (Å²) in [6.07, 6.45) is 2.28. The van der Waals surface area contributed by atoms with Gasteiger partial charge >= 0.3 is 0 Å². The number of amides is 2. The minimum Gasteiger partial charge on any atom is -0.355 e. The van der Waals surface area contributed by atoms with Crippen LogP contribution in [0.4, 0.5) is 0 Å². The molecule has 0 bridgehead atoms. The fourth-order valence-electron chi connectivity index (χ4n) is 2.15. The van der Waals surface area contributed by atoms with E-state index in [2.05, 4.69) is 10.6 Å². The highest BCUT2D eigenvalue weighted by atomic mass is 32.2. The summed E-state index contributed by atoms with van der Waals surface area (Å²) in [5, 5.41) is 6.19. The number of hydrogen-bond donors (Lipinski definition) is 2. The number of hydrogen-bond acceptors (Lipinski definition) is 4. The van der Waals surface area contributed by atoms with Gasteiger partial charge in [-0.1, -0.05) is 13.8 Å². The second-order valence-corrected chi connectivity index (χ2v) is 6.25. The summed E-state index contributed by atoms with van der Waals surface area (Å²) in [6, 6.07) is 0.249. The van der Waals surface area contributed by atoms with Gasteiger partial charge in [0.2, 0.25) is 11.8 Å². The van der Waals surface area contributed by atoms with E-state index >= 15 is 0 Å². The molecule has 1 aliphatic rings. The standard InChI is InChI=1S/C14H27N3O2S/c1-3-5-16-13(18)10-17(7-4-2)14(19)9-12-11-20-8-6-15-12/h12,15H,3-11H2,1-2H3,(H,16,18). The van der Waals surface area contributed by atoms with Crippen molar-refractivity contribution in [2.75, 3.05) is 37.7 Å². The zero-order valence-corrected chi connectivity index (χ0v) is 13.4. The quantitative estimate of drug-likeness (QED) is 0.698. The lowest BCUT2D eigenvalue weighted by atomic mass is 10.2. The molecule has 1 heterocycles. The van der Waals surface area contributed by atoms with Crippen LogP contribution in [0.25, 0.3) is 0 Å². The van der Waals surface area contributed by atoms with E-state index in [1.165, 1.54) is 0 Å². The maximum atomic E-state index is 12.3. The average Bonchev–Trinajstić information content (AvgIpc) is 2.45. The SMILES string of the molecule is CCCNC(=O)CN(CCC)C(=O)CC1CSCCN1. The molecule has 0 aromatic heterocycles. The van der Waals surface area contributed by atoms with Gasteiger partial charge in [-0.2, -0.15) is 11.8 Å². The molecular formula is C14H27N3O2S. The van der Waals surface area contributed by atoms with Crippen molar-refractivity contribution in [2.45, 2.75) is 39.2 Å². The Morgan fingerprint density at radius 2 is 2.15 bits per heavy atom. The van der Waals surface area contributed by atoms with Gasteiger partial charge < -0.3 is 15.5 Å². The van der Waals surface area contributed by atoms with E-state index in [1.54, 1.807) is 4.90 Å². The van der Waals surface area contributed by atoms with Crippen molar-refractivity contribution in [3.05, 3.63) is 0 Å². The van der Waals surface area contributed by atoms with Gasteiger partial charge in [-0.15, -0.1) is 0 Å². The summed E-state index contributed by atoms with van der Waals surface area (Å²) in [4.78, 5) is 25.8. The third-order valence-electron chi connectivity index (χ3n) is 3.17. The first-order valence-electron chi connectivity index (χ1n) is 7.53. The highest BCUT2D eigenvalue weighted by Gasteiger charge is 2.21. The molecule has 2 N–H and O–H groups in total. The number of thioether (sulfide) groups is 1. The predicted molar refractivity (Wildman–Crippen MR) is 83.9 cm³/mol. The van der Waals surface area contributed by atoms with Crippen LogP contribution in [0.15, 0.2) is 0 Å². The van der Waals surface area contributed by atoms with Crippen molar-refractivity contribution in [1.82, 2.24) is 15.5 Å². The van der Waals surface area contributed by atoms with Gasteiger partial charge in [0.25, 0.3) is 0 Å². The zero-order valence-electron chi connectivity index (χ0n) is 12.6. The molecule has 0 spiro atoms. The molecule has 116 valence electrons. The second-order valence-electron chi connectivity index (χ2n) is 5.10. The van der Waals surface area contributed by atoms with Crippen molar-refractivity contribution in [3.8, 4) is 0 Å². The third kappa shape index (κ3) is 6.61. The van der Waals surface area contributed by atoms with Crippen LogP contribution in [0.5, 0.6) is 0 Å². The first-order valence-corrected chi connectivity index (χ1v) is 8.68. The van der Waals surface area contributed by atoms with E-state index in [-0.39, 0.29) is 24.4 Å². The lowest BCUT2D eigenvalue weighted by Gasteiger charge is -2.27. The normalized spacial score (nSPS) is 18.6. The molecule has 1 aliphatic heterocycles. The Kier molecular flexibility index (Phi) is 8.69. The first-order chi connectivity index (χ1) is 9.67. The number of rotatable bonds is 8. The van der Waals surface area contributed by atoms with Gasteiger partial charge in [0, 0.05) is 43.6 Å². The topological polar surface area (TPSA) is 61.4 Å². The summed E-state index contributed by atoms with van der Waals surface area (Å²) < 4.78 is 0. The Labute approximate surface area is 126 Å². The highest BCUT2D eigenvalue weighted by molar-refractivity contribution is 7.99. The van der Waals surface area contributed by atoms with Gasteiger partial charge in [-0.3, -0.25) is 9.59 Å². The monoisotopic (exact) mass is 301 g/mol. The largest absolute Gasteiger partial charge is 0.355 e. The molecule has 0 aromatic rings. The second kappa shape index (κ2) is 10.0. The predicted octanol–water partition coefficient (Wildman–Crippen LogP) is 0.846. The van der Waals surface area contributed by atoms with Crippen LogP contribution >= 0.6 is 11.8 Å². The van der Waals surface area contributed by atoms with E-state index in [4.69, 9.17) is 0 Å². The van der Waals surface area contributed by atoms with Crippen molar-refractivity contribution in [1.29, 1.82) is 0 Å². The van der Waals surface area contributed by atoms with E-state index in [9.17, 15) is 9.59 Å². The van der Waals surface area contributed by atoms with Crippen LogP contribution in [0, 0.1) is 0 Å². The first kappa shape index (κ1) is 17.3. The lowest BCUT2D eigenvalue weighted by molar-refractivity contribution is -0.136. The molecule has 0 radical (unpaired) electrons. The smallest absolute Gasteiger partial charge is 0.239 e. The minimum atomic E-state index is -0.0559. The Morgan fingerprint density at radius 1 is 1.35 bits per heavy atom. The summed E-state index contributed by atoms with van der Waals surface area (Å²) in [6.45, 7) is 6.52. The van der Waals surface area contributed by atoms with E-state index in [0.717, 1.165) is 30.9 Å². The lowest BCUT2D eigenvalue weighted by Crippen LogP contribution is -2.45. The fraction of sp³-hybridized carbons (Fsp3) is 0.857. The van der Waals surface area contributed by atoms with Crippen LogP contribution in [0.1, 0.15) is 33.1 Å². The summed E-state index contributed by atoms with van der Waals surface area (Å²) >= 11 is 1.88. The molecule has 20 heavy (non-hydrogen) atoms. The van der Waals surface area contributed by atoms with Crippen molar-refractivity contribution in [3.63, 3.8) is 0 Å². The third-order valence-corrected chi connectivity index (χ3v) is 4.30. The maximum Gasteiger partial charge on any atom is 0.239 e. The molecule has 1 unspecified atom stereocenters. The summed E-state index contributed by atoms with van der Waals surface area (Å²) in [5.41, 5.74) is 0. The van der Waals surface area contributed by atoms with Gasteiger partial charge in [-0.25, -0.2) is 0 Å². The minimum absolute atomic E-state index is 0.0559. The fourth-order valence-corrected chi connectivity index (χ4v) is 3.10. The highest BCUT2D eigenvalue weighted by Crippen LogP contribution is 2.11. The van der Waals surface area contributed by atoms with Crippen molar-refractivity contribution in [2.24, 2.45) is 0 Å². The molecule has 0 aromatic carbocycles. The zero-order chi connectivity index (χ0) is 14.8. The summed E-state index contributed by atoms with van der Waals surface area (Å²) in [5.74, 6) is 2.12. The Balaban J connectivity index is 2.42. The van der Waals surface area contributed by atoms with Crippen LogP contribution < -0.4 is 10.6 Å². The number of carbonyl (C=O) groups is 2. The van der Waals surface area contributed by atoms with Gasteiger partial charge in [0.05, 0.1) is 6.54 Å². The number of carbonyl (C=O) groups excluding carboxylic acids is 2. The number of nitrogens with one attached hydrogen (secondary N) is 2. The van der Waals surface area contributed by atoms with E-state index in [0.29, 0.717) is 19.5 Å². The van der Waals surface area contributed by atoms with Gasteiger partial charge in [0.15, 0.2) is 0 Å². The molecule has 1 atom stereocenters. The van der Waals surface area contributed by atoms with Crippen LogP contribution in [-0.2, 0) is 9.59 Å².